The van der Waals surface area contributed by atoms with E-state index in [4.69, 9.17) is 9.47 Å². The van der Waals surface area contributed by atoms with Gasteiger partial charge < -0.3 is 14.8 Å². The van der Waals surface area contributed by atoms with E-state index < -0.39 is 10.0 Å². The molecule has 128 valence electrons. The monoisotopic (exact) mass is 342 g/mol. The molecule has 1 amide bonds. The van der Waals surface area contributed by atoms with Crippen molar-refractivity contribution in [3.05, 3.63) is 30.3 Å². The van der Waals surface area contributed by atoms with Crippen LogP contribution in [0.2, 0.25) is 0 Å². The second-order valence-electron chi connectivity index (χ2n) is 5.63. The van der Waals surface area contributed by atoms with Gasteiger partial charge in [0.05, 0.1) is 25.0 Å². The minimum absolute atomic E-state index is 0.0511. The van der Waals surface area contributed by atoms with Gasteiger partial charge in [0.15, 0.2) is 6.61 Å². The number of nitrogens with zero attached hydrogens (tertiary/aromatic N) is 1. The molecule has 0 bridgehead atoms. The standard InChI is InChI=1S/C15H22N2O5S/c1-17(2)23(19,20)11-12-8-21-9-14(12)16-15(18)10-22-13-6-4-3-5-7-13/h3-7,12,14H,8-11H2,1-2H3,(H,16,18)/t12-,14-/m0/s1. The Kier molecular flexibility index (Phi) is 5.97. The highest BCUT2D eigenvalue weighted by atomic mass is 32.2. The summed E-state index contributed by atoms with van der Waals surface area (Å²) in [5.74, 6) is 0.00143. The van der Waals surface area contributed by atoms with Gasteiger partial charge in [-0.1, -0.05) is 18.2 Å². The average Bonchev–Trinajstić information content (AvgIpc) is 2.92. The zero-order chi connectivity index (χ0) is 16.9. The quantitative estimate of drug-likeness (QED) is 0.759. The summed E-state index contributed by atoms with van der Waals surface area (Å²) >= 11 is 0. The summed E-state index contributed by atoms with van der Waals surface area (Å²) in [5.41, 5.74) is 0. The van der Waals surface area contributed by atoms with Crippen molar-refractivity contribution in [2.75, 3.05) is 39.7 Å². The maximum Gasteiger partial charge on any atom is 0.258 e. The van der Waals surface area contributed by atoms with Crippen LogP contribution in [0.15, 0.2) is 30.3 Å². The van der Waals surface area contributed by atoms with Crippen molar-refractivity contribution in [1.29, 1.82) is 0 Å². The van der Waals surface area contributed by atoms with Gasteiger partial charge >= 0.3 is 0 Å². The zero-order valence-electron chi connectivity index (χ0n) is 13.3. The fourth-order valence-corrected chi connectivity index (χ4v) is 3.42. The van der Waals surface area contributed by atoms with Crippen LogP contribution in [0.5, 0.6) is 5.75 Å². The molecule has 1 saturated heterocycles. The highest BCUT2D eigenvalue weighted by Gasteiger charge is 2.34. The van der Waals surface area contributed by atoms with Crippen molar-refractivity contribution in [3.63, 3.8) is 0 Å². The van der Waals surface area contributed by atoms with Gasteiger partial charge in [-0.15, -0.1) is 0 Å². The molecule has 0 aliphatic carbocycles. The first-order chi connectivity index (χ1) is 10.9. The van der Waals surface area contributed by atoms with Crippen LogP contribution in [0.3, 0.4) is 0 Å². The van der Waals surface area contributed by atoms with Gasteiger partial charge in [0.2, 0.25) is 10.0 Å². The Balaban J connectivity index is 1.85. The van der Waals surface area contributed by atoms with Crippen LogP contribution in [0.25, 0.3) is 0 Å². The van der Waals surface area contributed by atoms with E-state index in [1.54, 1.807) is 12.1 Å². The number of rotatable bonds is 7. The number of sulfonamides is 1. The number of para-hydroxylation sites is 1. The Hall–Kier alpha value is -1.64. The van der Waals surface area contributed by atoms with Crippen LogP contribution < -0.4 is 10.1 Å². The summed E-state index contributed by atoms with van der Waals surface area (Å²) in [6, 6.07) is 8.70. The molecule has 0 radical (unpaired) electrons. The number of carbonyl (C=O) groups excluding carboxylic acids is 1. The lowest BCUT2D eigenvalue weighted by Gasteiger charge is -2.21. The predicted molar refractivity (Wildman–Crippen MR) is 85.7 cm³/mol. The first-order valence-corrected chi connectivity index (χ1v) is 8.94. The molecule has 0 unspecified atom stereocenters. The van der Waals surface area contributed by atoms with Crippen LogP contribution in [0, 0.1) is 5.92 Å². The minimum atomic E-state index is -3.33. The van der Waals surface area contributed by atoms with E-state index in [0.717, 1.165) is 0 Å². The predicted octanol–water partition coefficient (Wildman–Crippen LogP) is 0.0880. The minimum Gasteiger partial charge on any atom is -0.484 e. The molecule has 2 rings (SSSR count). The Morgan fingerprint density at radius 1 is 1.30 bits per heavy atom. The molecule has 7 nitrogen and oxygen atoms in total. The van der Waals surface area contributed by atoms with Crippen molar-refractivity contribution in [3.8, 4) is 5.75 Å². The van der Waals surface area contributed by atoms with E-state index in [2.05, 4.69) is 5.32 Å². The van der Waals surface area contributed by atoms with Crippen LogP contribution in [0.1, 0.15) is 0 Å². The van der Waals surface area contributed by atoms with Gasteiger partial charge in [0, 0.05) is 20.0 Å². The van der Waals surface area contributed by atoms with Gasteiger partial charge in [0.1, 0.15) is 5.75 Å². The Labute approximate surface area is 136 Å². The molecule has 2 atom stereocenters. The molecule has 1 aliphatic heterocycles. The average molecular weight is 342 g/mol. The van der Waals surface area contributed by atoms with Crippen molar-refractivity contribution >= 4 is 15.9 Å². The van der Waals surface area contributed by atoms with Crippen molar-refractivity contribution in [2.24, 2.45) is 5.92 Å². The fraction of sp³-hybridized carbons (Fsp3) is 0.533. The van der Waals surface area contributed by atoms with Crippen LogP contribution in [-0.4, -0.2) is 64.3 Å². The lowest BCUT2D eigenvalue weighted by molar-refractivity contribution is -0.124. The van der Waals surface area contributed by atoms with E-state index >= 15 is 0 Å². The first kappa shape index (κ1) is 17.7. The third kappa shape index (κ3) is 5.19. The molecule has 23 heavy (non-hydrogen) atoms. The van der Waals surface area contributed by atoms with E-state index in [1.807, 2.05) is 18.2 Å². The topological polar surface area (TPSA) is 84.9 Å². The van der Waals surface area contributed by atoms with E-state index in [-0.39, 0.29) is 30.2 Å². The van der Waals surface area contributed by atoms with Gasteiger partial charge in [-0.05, 0) is 12.1 Å². The summed E-state index contributed by atoms with van der Waals surface area (Å²) in [6.07, 6.45) is 0. The summed E-state index contributed by atoms with van der Waals surface area (Å²) in [7, 11) is -0.350. The Bertz CT molecular complexity index is 618. The summed E-state index contributed by atoms with van der Waals surface area (Å²) in [6.45, 7) is 0.510. The number of hydrogen-bond acceptors (Lipinski definition) is 5. The molecule has 0 spiro atoms. The van der Waals surface area contributed by atoms with Crippen molar-refractivity contribution in [1.82, 2.24) is 9.62 Å². The smallest absolute Gasteiger partial charge is 0.258 e. The molecule has 8 heteroatoms. The van der Waals surface area contributed by atoms with Gasteiger partial charge in [-0.2, -0.15) is 0 Å². The summed E-state index contributed by atoms with van der Waals surface area (Å²) in [4.78, 5) is 12.0. The highest BCUT2D eigenvalue weighted by Crippen LogP contribution is 2.17. The lowest BCUT2D eigenvalue weighted by atomic mass is 10.1. The number of carbonyl (C=O) groups is 1. The van der Waals surface area contributed by atoms with Gasteiger partial charge in [0.25, 0.3) is 5.91 Å². The number of nitrogens with one attached hydrogen (secondary N) is 1. The number of benzene rings is 1. The molecule has 1 aliphatic rings. The molecule has 1 aromatic carbocycles. The summed E-state index contributed by atoms with van der Waals surface area (Å²) in [5, 5.41) is 2.79. The van der Waals surface area contributed by atoms with Crippen LogP contribution in [0.4, 0.5) is 0 Å². The summed E-state index contributed by atoms with van der Waals surface area (Å²) < 4.78 is 35.8. The molecular formula is C15H22N2O5S. The van der Waals surface area contributed by atoms with E-state index in [9.17, 15) is 13.2 Å². The first-order valence-electron chi connectivity index (χ1n) is 7.33. The zero-order valence-corrected chi connectivity index (χ0v) is 14.1. The van der Waals surface area contributed by atoms with Crippen molar-refractivity contribution in [2.45, 2.75) is 6.04 Å². The third-order valence-corrected chi connectivity index (χ3v) is 5.60. The molecule has 1 N–H and O–H groups in total. The SMILES string of the molecule is CN(C)S(=O)(=O)C[C@@H]1COC[C@@H]1NC(=O)COc1ccccc1. The fourth-order valence-electron chi connectivity index (χ4n) is 2.26. The Morgan fingerprint density at radius 3 is 2.65 bits per heavy atom. The van der Waals surface area contributed by atoms with Crippen molar-refractivity contribution < 1.29 is 22.7 Å². The highest BCUT2D eigenvalue weighted by molar-refractivity contribution is 7.89. The van der Waals surface area contributed by atoms with Gasteiger partial charge in [-0.3, -0.25) is 4.79 Å². The molecule has 1 fully saturated rings. The molecule has 1 aromatic rings. The van der Waals surface area contributed by atoms with E-state index in [1.165, 1.54) is 18.4 Å². The third-order valence-electron chi connectivity index (χ3n) is 3.64. The van der Waals surface area contributed by atoms with Crippen LogP contribution >= 0.6 is 0 Å². The maximum atomic E-state index is 12.0. The normalized spacial score (nSPS) is 21.3. The number of hydrogen-bond donors (Lipinski definition) is 1. The molecule has 0 aromatic heterocycles. The largest absolute Gasteiger partial charge is 0.484 e. The number of amides is 1. The molecule has 0 saturated carbocycles. The lowest BCUT2D eigenvalue weighted by Crippen LogP contribution is -2.45. The Morgan fingerprint density at radius 2 is 2.00 bits per heavy atom. The second kappa shape index (κ2) is 7.76. The maximum absolute atomic E-state index is 12.0. The molecule has 1 heterocycles. The second-order valence-corrected chi connectivity index (χ2v) is 7.86. The molecular weight excluding hydrogens is 320 g/mol. The van der Waals surface area contributed by atoms with Gasteiger partial charge in [-0.25, -0.2) is 12.7 Å². The van der Waals surface area contributed by atoms with Crippen LogP contribution in [-0.2, 0) is 19.6 Å². The van der Waals surface area contributed by atoms with E-state index in [0.29, 0.717) is 19.0 Å². The number of ether oxygens (including phenoxy) is 2.